The summed E-state index contributed by atoms with van der Waals surface area (Å²) in [5.41, 5.74) is 0. The molecule has 0 fully saturated rings. The maximum Gasteiger partial charge on any atom is 0.402 e. The molecule has 0 saturated carbocycles. The lowest BCUT2D eigenvalue weighted by Gasteiger charge is -2.12. The molecular weight excluding hydrogens is 296 g/mol. The smallest absolute Gasteiger partial charge is 0.207 e. The predicted octanol–water partition coefficient (Wildman–Crippen LogP) is 4.24. The van der Waals surface area contributed by atoms with E-state index in [9.17, 15) is 17.6 Å². The van der Waals surface area contributed by atoms with Gasteiger partial charge in [-0.25, -0.2) is 4.39 Å². The van der Waals surface area contributed by atoms with E-state index < -0.39 is 16.8 Å². The van der Waals surface area contributed by atoms with Crippen molar-refractivity contribution in [3.8, 4) is 0 Å². The van der Waals surface area contributed by atoms with Crippen LogP contribution < -0.4 is 0 Å². The van der Waals surface area contributed by atoms with Crippen LogP contribution in [0.15, 0.2) is 29.2 Å². The molecular formula is C9H7BrF4S. The van der Waals surface area contributed by atoms with E-state index >= 15 is 0 Å². The molecule has 0 heterocycles. The molecule has 1 unspecified atom stereocenters. The second-order valence-corrected chi connectivity index (χ2v) is 4.97. The summed E-state index contributed by atoms with van der Waals surface area (Å²) in [6.07, 6.45) is -4.24. The molecule has 1 atom stereocenters. The highest BCUT2D eigenvalue weighted by Crippen LogP contribution is 2.31. The third kappa shape index (κ3) is 4.42. The molecule has 0 aromatic heterocycles. The summed E-state index contributed by atoms with van der Waals surface area (Å²) < 4.78 is 48.8. The second-order valence-electron chi connectivity index (χ2n) is 2.77. The van der Waals surface area contributed by atoms with Crippen LogP contribution in [0.2, 0.25) is 0 Å². The van der Waals surface area contributed by atoms with Gasteiger partial charge in [-0.2, -0.15) is 13.2 Å². The molecule has 6 heteroatoms. The molecule has 0 amide bonds. The summed E-state index contributed by atoms with van der Waals surface area (Å²) in [4.78, 5) is -0.926. The van der Waals surface area contributed by atoms with E-state index in [1.807, 2.05) is 0 Å². The summed E-state index contributed by atoms with van der Waals surface area (Å²) in [5, 5.41) is 0. The molecule has 15 heavy (non-hydrogen) atoms. The molecule has 0 spiro atoms. The number of hydrogen-bond donors (Lipinski definition) is 0. The van der Waals surface area contributed by atoms with Crippen molar-refractivity contribution in [2.45, 2.75) is 15.9 Å². The summed E-state index contributed by atoms with van der Waals surface area (Å²) >= 11 is 3.58. The lowest BCUT2D eigenvalue weighted by Crippen LogP contribution is -2.24. The van der Waals surface area contributed by atoms with Gasteiger partial charge in [-0.15, -0.1) is 11.8 Å². The first-order chi connectivity index (χ1) is 6.89. The van der Waals surface area contributed by atoms with Crippen LogP contribution in [0.4, 0.5) is 17.6 Å². The zero-order valence-corrected chi connectivity index (χ0v) is 9.79. The van der Waals surface area contributed by atoms with Gasteiger partial charge >= 0.3 is 6.18 Å². The molecule has 0 aliphatic carbocycles. The summed E-state index contributed by atoms with van der Waals surface area (Å²) in [7, 11) is 0. The van der Waals surface area contributed by atoms with Gasteiger partial charge < -0.3 is 0 Å². The van der Waals surface area contributed by atoms with Gasteiger partial charge in [0, 0.05) is 10.6 Å². The fourth-order valence-electron chi connectivity index (χ4n) is 0.795. The number of hydrogen-bond acceptors (Lipinski definition) is 1. The zero-order chi connectivity index (χ0) is 11.5. The minimum Gasteiger partial charge on any atom is -0.207 e. The lowest BCUT2D eigenvalue weighted by molar-refractivity contribution is -0.122. The normalized spacial score (nSPS) is 13.9. The van der Waals surface area contributed by atoms with Crippen LogP contribution in [0.1, 0.15) is 0 Å². The largest absolute Gasteiger partial charge is 0.402 e. The van der Waals surface area contributed by atoms with Crippen molar-refractivity contribution in [3.05, 3.63) is 30.1 Å². The van der Waals surface area contributed by atoms with Crippen molar-refractivity contribution in [3.63, 3.8) is 0 Å². The molecule has 1 aromatic rings. The van der Waals surface area contributed by atoms with Gasteiger partial charge in [-0.1, -0.05) is 15.9 Å². The van der Waals surface area contributed by atoms with Crippen molar-refractivity contribution in [1.82, 2.24) is 0 Å². The molecule has 0 N–H and O–H groups in total. The first kappa shape index (κ1) is 12.8. The van der Waals surface area contributed by atoms with Gasteiger partial charge in [0.15, 0.2) is 0 Å². The Bertz CT molecular complexity index is 309. The van der Waals surface area contributed by atoms with Crippen molar-refractivity contribution in [2.24, 2.45) is 0 Å². The van der Waals surface area contributed by atoms with E-state index in [-0.39, 0.29) is 5.75 Å². The van der Waals surface area contributed by atoms with Crippen molar-refractivity contribution in [1.29, 1.82) is 0 Å². The molecule has 0 aliphatic rings. The first-order valence-corrected chi connectivity index (χ1v) is 5.89. The van der Waals surface area contributed by atoms with Gasteiger partial charge in [0.2, 0.25) is 0 Å². The molecule has 0 bridgehead atoms. The maximum absolute atomic E-state index is 12.5. The summed E-state index contributed by atoms with van der Waals surface area (Å²) in [6.45, 7) is 0. The van der Waals surface area contributed by atoms with E-state index in [0.717, 1.165) is 11.8 Å². The standard InChI is InChI=1S/C9H7BrF4S/c10-8(9(12,13)14)5-15-7-3-1-6(11)2-4-7/h1-4,8H,5H2. The maximum atomic E-state index is 12.5. The van der Waals surface area contributed by atoms with E-state index in [0.29, 0.717) is 4.90 Å². The van der Waals surface area contributed by atoms with Crippen LogP contribution in [-0.2, 0) is 0 Å². The van der Waals surface area contributed by atoms with Gasteiger partial charge in [0.05, 0.1) is 0 Å². The Morgan fingerprint density at radius 3 is 2.20 bits per heavy atom. The fraction of sp³-hybridized carbons (Fsp3) is 0.333. The van der Waals surface area contributed by atoms with Gasteiger partial charge in [0.1, 0.15) is 10.6 Å². The second kappa shape index (κ2) is 5.21. The number of rotatable bonds is 3. The molecule has 0 saturated heterocycles. The third-order valence-corrected chi connectivity index (χ3v) is 3.94. The fourth-order valence-corrected chi connectivity index (χ4v) is 2.05. The van der Waals surface area contributed by atoms with Crippen molar-refractivity contribution in [2.75, 3.05) is 5.75 Å². The Labute approximate surface area is 97.2 Å². The SMILES string of the molecule is Fc1ccc(SCC(Br)C(F)(F)F)cc1. The lowest BCUT2D eigenvalue weighted by atomic mass is 10.4. The average Bonchev–Trinajstić information content (AvgIpc) is 2.15. The van der Waals surface area contributed by atoms with E-state index in [4.69, 9.17) is 0 Å². The quantitative estimate of drug-likeness (QED) is 0.457. The topological polar surface area (TPSA) is 0 Å². The van der Waals surface area contributed by atoms with Crippen molar-refractivity contribution < 1.29 is 17.6 Å². The highest BCUT2D eigenvalue weighted by Gasteiger charge is 2.37. The van der Waals surface area contributed by atoms with Gasteiger partial charge in [-0.05, 0) is 24.3 Å². The molecule has 1 rings (SSSR count). The van der Waals surface area contributed by atoms with E-state index in [2.05, 4.69) is 15.9 Å². The number of alkyl halides is 4. The Kier molecular flexibility index (Phi) is 4.45. The Balaban J connectivity index is 2.47. The zero-order valence-electron chi connectivity index (χ0n) is 7.39. The Morgan fingerprint density at radius 1 is 1.20 bits per heavy atom. The average molecular weight is 303 g/mol. The molecule has 1 aromatic carbocycles. The van der Waals surface area contributed by atoms with Crippen LogP contribution in [0.3, 0.4) is 0 Å². The van der Waals surface area contributed by atoms with Crippen LogP contribution in [0.5, 0.6) is 0 Å². The van der Waals surface area contributed by atoms with Crippen molar-refractivity contribution >= 4 is 27.7 Å². The van der Waals surface area contributed by atoms with Crippen LogP contribution in [-0.4, -0.2) is 16.8 Å². The third-order valence-electron chi connectivity index (χ3n) is 1.57. The van der Waals surface area contributed by atoms with Gasteiger partial charge in [0.25, 0.3) is 0 Å². The minimum absolute atomic E-state index is 0.130. The molecule has 0 aliphatic heterocycles. The predicted molar refractivity (Wildman–Crippen MR) is 55.9 cm³/mol. The highest BCUT2D eigenvalue weighted by molar-refractivity contribution is 9.09. The molecule has 0 nitrogen and oxygen atoms in total. The van der Waals surface area contributed by atoms with E-state index in [1.54, 1.807) is 0 Å². The molecule has 84 valence electrons. The number of thioether (sulfide) groups is 1. The van der Waals surface area contributed by atoms with Crippen LogP contribution in [0.25, 0.3) is 0 Å². The monoisotopic (exact) mass is 302 g/mol. The Hall–Kier alpha value is -0.230. The van der Waals surface area contributed by atoms with Crippen LogP contribution >= 0.6 is 27.7 Å². The molecule has 0 radical (unpaired) electrons. The number of halogens is 5. The first-order valence-electron chi connectivity index (χ1n) is 3.99. The van der Waals surface area contributed by atoms with Crippen LogP contribution in [0, 0.1) is 5.82 Å². The van der Waals surface area contributed by atoms with Gasteiger partial charge in [-0.3, -0.25) is 0 Å². The minimum atomic E-state index is -4.24. The summed E-state index contributed by atoms with van der Waals surface area (Å²) in [6, 6.07) is 5.35. The highest BCUT2D eigenvalue weighted by atomic mass is 79.9. The van der Waals surface area contributed by atoms with E-state index in [1.165, 1.54) is 24.3 Å². The Morgan fingerprint density at radius 2 is 1.73 bits per heavy atom. The summed E-state index contributed by atoms with van der Waals surface area (Å²) in [5.74, 6) is -0.527. The number of benzene rings is 1.